The molecule has 8 heteroatoms. The molecule has 1 saturated heterocycles. The van der Waals surface area contributed by atoms with Crippen molar-refractivity contribution >= 4 is 15.8 Å². The van der Waals surface area contributed by atoms with E-state index in [1.807, 2.05) is 40.0 Å². The maximum absolute atomic E-state index is 13.0. The topological polar surface area (TPSA) is 82.2 Å². The molecule has 1 fully saturated rings. The molecule has 148 valence electrons. The summed E-state index contributed by atoms with van der Waals surface area (Å²) in [5.74, 6) is 2.16. The van der Waals surface area contributed by atoms with Crippen LogP contribution >= 0.6 is 0 Å². The molecule has 0 spiro atoms. The van der Waals surface area contributed by atoms with Crippen molar-refractivity contribution in [1.82, 2.24) is 19.3 Å². The summed E-state index contributed by atoms with van der Waals surface area (Å²) in [4.78, 5) is 14.5. The third-order valence-corrected chi connectivity index (χ3v) is 7.20. The molecule has 3 rings (SSSR count). The van der Waals surface area contributed by atoms with Crippen molar-refractivity contribution in [3.63, 3.8) is 0 Å². The van der Waals surface area contributed by atoms with Crippen molar-refractivity contribution in [3.05, 3.63) is 36.5 Å². The lowest BCUT2D eigenvalue weighted by molar-refractivity contribution is 0.302. The first-order valence-corrected chi connectivity index (χ1v) is 11.0. The van der Waals surface area contributed by atoms with Gasteiger partial charge in [-0.3, -0.25) is 0 Å². The quantitative estimate of drug-likeness (QED) is 0.818. The smallest absolute Gasteiger partial charge is 0.245 e. The van der Waals surface area contributed by atoms with Gasteiger partial charge in [-0.05, 0) is 52.7 Å². The van der Waals surface area contributed by atoms with E-state index in [1.165, 1.54) is 10.5 Å². The summed E-state index contributed by atoms with van der Waals surface area (Å²) in [7, 11) is -3.56. The van der Waals surface area contributed by atoms with Crippen LogP contribution in [0.1, 0.15) is 52.3 Å². The van der Waals surface area contributed by atoms with E-state index < -0.39 is 10.0 Å². The highest BCUT2D eigenvalue weighted by atomic mass is 32.2. The number of H-pyrrole nitrogens is 1. The van der Waals surface area contributed by atoms with Gasteiger partial charge in [0.1, 0.15) is 16.5 Å². The summed E-state index contributed by atoms with van der Waals surface area (Å²) in [5.41, 5.74) is 0. The predicted octanol–water partition coefficient (Wildman–Crippen LogP) is 3.00. The third-order valence-electron chi connectivity index (χ3n) is 4.97. The average molecular weight is 392 g/mol. The number of hydrogen-bond donors (Lipinski definition) is 1. The molecular formula is C19H29N5O2S. The minimum Gasteiger partial charge on any atom is -0.356 e. The minimum absolute atomic E-state index is 0.106. The Labute approximate surface area is 161 Å². The first-order chi connectivity index (χ1) is 12.8. The molecule has 0 aromatic carbocycles. The molecule has 0 radical (unpaired) electrons. The fourth-order valence-electron chi connectivity index (χ4n) is 3.89. The van der Waals surface area contributed by atoms with E-state index >= 15 is 0 Å². The van der Waals surface area contributed by atoms with Gasteiger partial charge in [-0.2, -0.15) is 4.31 Å². The van der Waals surface area contributed by atoms with Crippen LogP contribution in [0, 0.1) is 0 Å². The maximum Gasteiger partial charge on any atom is 0.245 e. The SMILES string of the molecule is CC(C)N(C(C)C)S(=O)(=O)c1ccc(N2CCCC(c3ncc[nH]3)C2)nc1. The molecule has 0 bridgehead atoms. The highest BCUT2D eigenvalue weighted by Gasteiger charge is 2.30. The first-order valence-electron chi connectivity index (χ1n) is 9.54. The highest BCUT2D eigenvalue weighted by Crippen LogP contribution is 2.28. The Morgan fingerprint density at radius 3 is 2.48 bits per heavy atom. The van der Waals surface area contributed by atoms with E-state index in [1.54, 1.807) is 12.3 Å². The first kappa shape index (κ1) is 19.8. The van der Waals surface area contributed by atoms with Gasteiger partial charge in [-0.25, -0.2) is 18.4 Å². The van der Waals surface area contributed by atoms with Gasteiger partial charge in [0.2, 0.25) is 10.0 Å². The van der Waals surface area contributed by atoms with Gasteiger partial charge in [-0.15, -0.1) is 0 Å². The van der Waals surface area contributed by atoms with Gasteiger partial charge in [0.05, 0.1) is 0 Å². The summed E-state index contributed by atoms with van der Waals surface area (Å²) in [6.45, 7) is 9.31. The molecule has 27 heavy (non-hydrogen) atoms. The van der Waals surface area contributed by atoms with Gasteiger partial charge < -0.3 is 9.88 Å². The molecule has 1 unspecified atom stereocenters. The number of aromatic amines is 1. The molecule has 1 atom stereocenters. The van der Waals surface area contributed by atoms with Crippen molar-refractivity contribution in [2.75, 3.05) is 18.0 Å². The lowest BCUT2D eigenvalue weighted by atomic mass is 9.97. The number of sulfonamides is 1. The Kier molecular flexibility index (Phi) is 5.86. The molecule has 0 aliphatic carbocycles. The number of nitrogens with one attached hydrogen (secondary N) is 1. The van der Waals surface area contributed by atoms with Crippen LogP contribution in [0.25, 0.3) is 0 Å². The van der Waals surface area contributed by atoms with Crippen LogP contribution < -0.4 is 4.90 Å². The fraction of sp³-hybridized carbons (Fsp3) is 0.579. The number of anilines is 1. The Hall–Kier alpha value is -1.93. The summed E-state index contributed by atoms with van der Waals surface area (Å²) in [5, 5.41) is 0. The van der Waals surface area contributed by atoms with Crippen molar-refractivity contribution in [2.45, 2.75) is 63.4 Å². The zero-order chi connectivity index (χ0) is 19.6. The van der Waals surface area contributed by atoms with E-state index in [0.29, 0.717) is 5.92 Å². The van der Waals surface area contributed by atoms with E-state index in [4.69, 9.17) is 0 Å². The van der Waals surface area contributed by atoms with Gasteiger partial charge in [0, 0.05) is 49.7 Å². The molecule has 2 aromatic rings. The Bertz CT molecular complexity index is 823. The molecule has 2 aromatic heterocycles. The number of rotatable bonds is 6. The Morgan fingerprint density at radius 2 is 1.93 bits per heavy atom. The van der Waals surface area contributed by atoms with Crippen LogP contribution in [0.4, 0.5) is 5.82 Å². The fourth-order valence-corrected chi connectivity index (χ4v) is 5.67. The van der Waals surface area contributed by atoms with Crippen molar-refractivity contribution in [3.8, 4) is 0 Å². The standard InChI is InChI=1S/C19H29N5O2S/c1-14(2)24(15(3)4)27(25,26)17-7-8-18(22-12-17)23-11-5-6-16(13-23)19-20-9-10-21-19/h7-10,12,14-16H,5-6,11,13H2,1-4H3,(H,20,21). The van der Waals surface area contributed by atoms with Crippen LogP contribution in [0.5, 0.6) is 0 Å². The molecule has 7 nitrogen and oxygen atoms in total. The zero-order valence-corrected chi connectivity index (χ0v) is 17.3. The molecule has 1 aliphatic rings. The van der Waals surface area contributed by atoms with Crippen LogP contribution in [-0.2, 0) is 10.0 Å². The zero-order valence-electron chi connectivity index (χ0n) is 16.5. The highest BCUT2D eigenvalue weighted by molar-refractivity contribution is 7.89. The largest absolute Gasteiger partial charge is 0.356 e. The number of imidazole rings is 1. The summed E-state index contributed by atoms with van der Waals surface area (Å²) >= 11 is 0. The number of pyridine rings is 1. The van der Waals surface area contributed by atoms with Crippen LogP contribution in [0.3, 0.4) is 0 Å². The van der Waals surface area contributed by atoms with Gasteiger partial charge >= 0.3 is 0 Å². The minimum atomic E-state index is -3.56. The maximum atomic E-state index is 13.0. The summed E-state index contributed by atoms with van der Waals surface area (Å²) < 4.78 is 27.5. The molecule has 0 saturated carbocycles. The van der Waals surface area contributed by atoms with E-state index in [-0.39, 0.29) is 17.0 Å². The lowest BCUT2D eigenvalue weighted by Crippen LogP contribution is -2.42. The molecular weight excluding hydrogens is 362 g/mol. The van der Waals surface area contributed by atoms with Crippen LogP contribution in [0.15, 0.2) is 35.6 Å². The Balaban J connectivity index is 1.79. The van der Waals surface area contributed by atoms with E-state index in [0.717, 1.165) is 37.6 Å². The second-order valence-corrected chi connectivity index (χ2v) is 9.48. The predicted molar refractivity (Wildman–Crippen MR) is 106 cm³/mol. The van der Waals surface area contributed by atoms with Crippen LogP contribution in [-0.4, -0.2) is 52.8 Å². The molecule has 1 aliphatic heterocycles. The molecule has 1 N–H and O–H groups in total. The van der Waals surface area contributed by atoms with Crippen LogP contribution in [0.2, 0.25) is 0 Å². The number of aromatic nitrogens is 3. The molecule has 3 heterocycles. The normalized spacial score (nSPS) is 18.6. The molecule has 0 amide bonds. The monoisotopic (exact) mass is 391 g/mol. The van der Waals surface area contributed by atoms with Gasteiger partial charge in [0.15, 0.2) is 0 Å². The number of nitrogens with zero attached hydrogens (tertiary/aromatic N) is 4. The third kappa shape index (κ3) is 4.16. The summed E-state index contributed by atoms with van der Waals surface area (Å²) in [6.07, 6.45) is 7.26. The van der Waals surface area contributed by atoms with E-state index in [9.17, 15) is 8.42 Å². The lowest BCUT2D eigenvalue weighted by Gasteiger charge is -2.33. The van der Waals surface area contributed by atoms with Crippen molar-refractivity contribution in [2.24, 2.45) is 0 Å². The second kappa shape index (κ2) is 7.98. The van der Waals surface area contributed by atoms with Gasteiger partial charge in [-0.1, -0.05) is 0 Å². The average Bonchev–Trinajstić information content (AvgIpc) is 3.16. The van der Waals surface area contributed by atoms with Crippen molar-refractivity contribution in [1.29, 1.82) is 0 Å². The van der Waals surface area contributed by atoms with Crippen molar-refractivity contribution < 1.29 is 8.42 Å². The second-order valence-electron chi connectivity index (χ2n) is 7.63. The Morgan fingerprint density at radius 1 is 1.19 bits per heavy atom. The summed E-state index contributed by atoms with van der Waals surface area (Å²) in [6, 6.07) is 3.28. The van der Waals surface area contributed by atoms with Gasteiger partial charge in [0.25, 0.3) is 0 Å². The number of piperidine rings is 1. The number of hydrogen-bond acceptors (Lipinski definition) is 5. The van der Waals surface area contributed by atoms with E-state index in [2.05, 4.69) is 19.9 Å².